The molecule has 1 N–H and O–H groups in total. The molecule has 0 amide bonds. The highest BCUT2D eigenvalue weighted by molar-refractivity contribution is 7.85. The molecule has 1 aromatic heterocycles. The number of hydrogen-bond acceptors (Lipinski definition) is 4. The molecule has 126 valence electrons. The molecule has 1 saturated heterocycles. The Labute approximate surface area is 139 Å². The summed E-state index contributed by atoms with van der Waals surface area (Å²) in [5.74, 6) is 1.53. The van der Waals surface area contributed by atoms with Crippen LogP contribution in [-0.2, 0) is 17.3 Å². The molecule has 0 saturated carbocycles. The molecule has 0 radical (unpaired) electrons. The number of aliphatic hydroxyl groups is 1. The fourth-order valence-corrected chi connectivity index (χ4v) is 4.84. The van der Waals surface area contributed by atoms with Gasteiger partial charge in [-0.1, -0.05) is 12.1 Å². The van der Waals surface area contributed by atoms with Crippen molar-refractivity contribution in [1.82, 2.24) is 9.47 Å². The molecule has 2 aliphatic rings. The molecule has 0 unspecified atom stereocenters. The van der Waals surface area contributed by atoms with Gasteiger partial charge in [0.1, 0.15) is 0 Å². The average Bonchev–Trinajstić information content (AvgIpc) is 2.48. The summed E-state index contributed by atoms with van der Waals surface area (Å²) in [6, 6.07) is 5.50. The predicted octanol–water partition coefficient (Wildman–Crippen LogP) is 0.563. The van der Waals surface area contributed by atoms with E-state index in [2.05, 4.69) is 11.5 Å². The monoisotopic (exact) mass is 336 g/mol. The number of aliphatic hydroxyl groups excluding tert-OH is 1. The summed E-state index contributed by atoms with van der Waals surface area (Å²) in [6.07, 6.45) is 2.16. The lowest BCUT2D eigenvalue weighted by Crippen LogP contribution is -2.49. The highest BCUT2D eigenvalue weighted by atomic mass is 32.2. The zero-order chi connectivity index (χ0) is 16.4. The Morgan fingerprint density at radius 3 is 3.00 bits per heavy atom. The van der Waals surface area contributed by atoms with E-state index in [4.69, 9.17) is 0 Å². The van der Waals surface area contributed by atoms with E-state index in [1.54, 1.807) is 12.1 Å². The van der Waals surface area contributed by atoms with E-state index >= 15 is 0 Å². The van der Waals surface area contributed by atoms with E-state index in [1.165, 1.54) is 0 Å². The molecule has 3 heterocycles. The van der Waals surface area contributed by atoms with Gasteiger partial charge in [-0.3, -0.25) is 13.9 Å². The first kappa shape index (κ1) is 16.6. The van der Waals surface area contributed by atoms with Crippen LogP contribution in [-0.4, -0.2) is 56.0 Å². The van der Waals surface area contributed by atoms with Gasteiger partial charge in [-0.2, -0.15) is 0 Å². The summed E-state index contributed by atoms with van der Waals surface area (Å²) >= 11 is 0. The minimum absolute atomic E-state index is 0.0884. The highest BCUT2D eigenvalue weighted by Gasteiger charge is 2.34. The second-order valence-electron chi connectivity index (χ2n) is 6.63. The van der Waals surface area contributed by atoms with Crippen molar-refractivity contribution in [3.8, 4) is 0 Å². The van der Waals surface area contributed by atoms with E-state index in [1.807, 2.05) is 16.7 Å². The molecular formula is C17H24N2O3S. The van der Waals surface area contributed by atoms with Crippen LogP contribution >= 0.6 is 0 Å². The van der Waals surface area contributed by atoms with Gasteiger partial charge in [0.25, 0.3) is 5.56 Å². The summed E-state index contributed by atoms with van der Waals surface area (Å²) in [4.78, 5) is 14.3. The molecule has 1 fully saturated rings. The SMILES string of the molecule is C=CC[S@](=O)C[C@H](O)CN1C[C@@H]2C[C@@H](C1)c1cccc(=O)n1C2. The lowest BCUT2D eigenvalue weighted by Gasteiger charge is -2.43. The van der Waals surface area contributed by atoms with E-state index in [9.17, 15) is 14.1 Å². The van der Waals surface area contributed by atoms with Gasteiger partial charge in [0.15, 0.2) is 0 Å². The molecule has 0 aromatic carbocycles. The third kappa shape index (κ3) is 3.82. The predicted molar refractivity (Wildman–Crippen MR) is 92.1 cm³/mol. The Morgan fingerprint density at radius 1 is 1.39 bits per heavy atom. The third-order valence-corrected chi connectivity index (χ3v) is 6.07. The average molecular weight is 336 g/mol. The van der Waals surface area contributed by atoms with Crippen molar-refractivity contribution < 1.29 is 9.32 Å². The number of rotatable bonds is 6. The Kier molecular flexibility index (Phi) is 5.14. The smallest absolute Gasteiger partial charge is 0.250 e. The van der Waals surface area contributed by atoms with Crippen molar-refractivity contribution in [3.63, 3.8) is 0 Å². The van der Waals surface area contributed by atoms with Gasteiger partial charge in [0.05, 0.1) is 11.9 Å². The third-order valence-electron chi connectivity index (χ3n) is 4.71. The number of likely N-dealkylation sites (tertiary alicyclic amines) is 1. The number of aromatic nitrogens is 1. The summed E-state index contributed by atoms with van der Waals surface area (Å²) in [5.41, 5.74) is 1.20. The largest absolute Gasteiger partial charge is 0.391 e. The Balaban J connectivity index is 1.65. The molecule has 23 heavy (non-hydrogen) atoms. The zero-order valence-corrected chi connectivity index (χ0v) is 14.1. The summed E-state index contributed by atoms with van der Waals surface area (Å²) in [5, 5.41) is 10.2. The molecule has 0 spiro atoms. The minimum Gasteiger partial charge on any atom is -0.391 e. The van der Waals surface area contributed by atoms with Crippen molar-refractivity contribution in [3.05, 3.63) is 46.9 Å². The first-order valence-corrected chi connectivity index (χ1v) is 9.61. The van der Waals surface area contributed by atoms with Crippen molar-refractivity contribution in [2.24, 2.45) is 5.92 Å². The Morgan fingerprint density at radius 2 is 2.22 bits per heavy atom. The van der Waals surface area contributed by atoms with Gasteiger partial charge >= 0.3 is 0 Å². The number of piperidine rings is 1. The maximum Gasteiger partial charge on any atom is 0.250 e. The number of fused-ring (bicyclic) bond motifs is 4. The molecule has 5 nitrogen and oxygen atoms in total. The van der Waals surface area contributed by atoms with Crippen LogP contribution in [0, 0.1) is 5.92 Å². The highest BCUT2D eigenvalue weighted by Crippen LogP contribution is 2.34. The van der Waals surface area contributed by atoms with Crippen molar-refractivity contribution in [2.45, 2.75) is 25.0 Å². The van der Waals surface area contributed by atoms with Crippen LogP contribution in [0.4, 0.5) is 0 Å². The van der Waals surface area contributed by atoms with Gasteiger partial charge in [0, 0.05) is 60.4 Å². The van der Waals surface area contributed by atoms with Crippen LogP contribution < -0.4 is 5.56 Å². The molecule has 1 aromatic rings. The van der Waals surface area contributed by atoms with E-state index < -0.39 is 16.9 Å². The molecular weight excluding hydrogens is 312 g/mol. The number of nitrogens with zero attached hydrogens (tertiary/aromatic N) is 2. The number of hydrogen-bond donors (Lipinski definition) is 1. The molecule has 3 rings (SSSR count). The fourth-order valence-electron chi connectivity index (χ4n) is 3.91. The van der Waals surface area contributed by atoms with Crippen LogP contribution in [0.1, 0.15) is 18.0 Å². The topological polar surface area (TPSA) is 62.5 Å². The van der Waals surface area contributed by atoms with Crippen LogP contribution in [0.3, 0.4) is 0 Å². The van der Waals surface area contributed by atoms with Crippen molar-refractivity contribution >= 4 is 10.8 Å². The van der Waals surface area contributed by atoms with Gasteiger partial charge in [-0.25, -0.2) is 0 Å². The lowest BCUT2D eigenvalue weighted by atomic mass is 9.83. The van der Waals surface area contributed by atoms with Gasteiger partial charge in [-0.15, -0.1) is 6.58 Å². The minimum atomic E-state index is -1.04. The standard InChI is InChI=1S/C17H24N2O3S/c1-2-6-23(22)12-15(20)11-18-8-13-7-14(10-18)16-4-3-5-17(21)19(16)9-13/h2-5,13-15,20H,1,6-12H2/t13-,14-,15+,23-/m0/s1. The molecule has 2 aliphatic heterocycles. The summed E-state index contributed by atoms with van der Waals surface area (Å²) < 4.78 is 13.6. The lowest BCUT2D eigenvalue weighted by molar-refractivity contribution is 0.0714. The Hall–Kier alpha value is -1.24. The van der Waals surface area contributed by atoms with Gasteiger partial charge in [0.2, 0.25) is 0 Å². The van der Waals surface area contributed by atoms with Crippen molar-refractivity contribution in [1.29, 1.82) is 0 Å². The van der Waals surface area contributed by atoms with Crippen LogP contribution in [0.25, 0.3) is 0 Å². The van der Waals surface area contributed by atoms with Crippen LogP contribution in [0.5, 0.6) is 0 Å². The summed E-state index contributed by atoms with van der Waals surface area (Å²) in [6.45, 7) is 6.63. The van der Waals surface area contributed by atoms with Gasteiger partial charge in [-0.05, 0) is 18.4 Å². The van der Waals surface area contributed by atoms with Gasteiger partial charge < -0.3 is 9.67 Å². The first-order valence-electron chi connectivity index (χ1n) is 8.13. The number of pyridine rings is 1. The van der Waals surface area contributed by atoms with Crippen LogP contribution in [0.15, 0.2) is 35.6 Å². The second-order valence-corrected chi connectivity index (χ2v) is 8.18. The molecule has 4 atom stereocenters. The number of β-amino-alcohol motifs (C(OH)–C–C–N with tert-alkyl or cyclic N) is 1. The fraction of sp³-hybridized carbons (Fsp3) is 0.588. The maximum absolute atomic E-state index is 12.0. The van der Waals surface area contributed by atoms with Crippen molar-refractivity contribution in [2.75, 3.05) is 31.1 Å². The first-order chi connectivity index (χ1) is 11.1. The van der Waals surface area contributed by atoms with E-state index in [0.717, 1.165) is 31.7 Å². The maximum atomic E-state index is 12.0. The Bertz CT molecular complexity index is 657. The zero-order valence-electron chi connectivity index (χ0n) is 13.3. The molecule has 2 bridgehead atoms. The van der Waals surface area contributed by atoms with E-state index in [0.29, 0.717) is 29.9 Å². The normalized spacial score (nSPS) is 26.3. The van der Waals surface area contributed by atoms with E-state index in [-0.39, 0.29) is 5.56 Å². The van der Waals surface area contributed by atoms with Crippen LogP contribution in [0.2, 0.25) is 0 Å². The summed E-state index contributed by atoms with van der Waals surface area (Å²) in [7, 11) is -1.04. The quantitative estimate of drug-likeness (QED) is 0.771. The molecule has 6 heteroatoms. The second kappa shape index (κ2) is 7.11. The molecule has 0 aliphatic carbocycles.